The van der Waals surface area contributed by atoms with E-state index in [-0.39, 0.29) is 23.4 Å². The largest absolute Gasteiger partial charge is 0.450 e. The van der Waals surface area contributed by atoms with Gasteiger partial charge >= 0.3 is 11.8 Å². The van der Waals surface area contributed by atoms with E-state index >= 15 is 0 Å². The van der Waals surface area contributed by atoms with E-state index < -0.39 is 4.92 Å². The smallest absolute Gasteiger partial charge is 0.409 e. The van der Waals surface area contributed by atoms with Gasteiger partial charge < -0.3 is 19.4 Å². The number of nitrogens with zero attached hydrogens (tertiary/aromatic N) is 7. The highest BCUT2D eigenvalue weighted by Crippen LogP contribution is 2.38. The molecule has 11 nitrogen and oxygen atoms in total. The maximum Gasteiger partial charge on any atom is 0.409 e. The molecule has 11 heteroatoms. The molecule has 3 aromatic rings. The molecule has 0 atom stereocenters. The summed E-state index contributed by atoms with van der Waals surface area (Å²) >= 11 is 0. The molecule has 0 unspecified atom stereocenters. The van der Waals surface area contributed by atoms with Crippen LogP contribution in [0.2, 0.25) is 0 Å². The second-order valence-corrected chi connectivity index (χ2v) is 7.56. The highest BCUT2D eigenvalue weighted by atomic mass is 16.6. The number of nitro groups is 1. The number of pyridine rings is 1. The van der Waals surface area contributed by atoms with Crippen molar-refractivity contribution in [3.05, 3.63) is 76.7 Å². The first-order valence-corrected chi connectivity index (χ1v) is 11.0. The number of rotatable bonds is 7. The molecular weight excluding hydrogens is 438 g/mol. The van der Waals surface area contributed by atoms with Gasteiger partial charge in [0.1, 0.15) is 12.1 Å². The third-order valence-corrected chi connectivity index (χ3v) is 5.44. The minimum atomic E-state index is -0.455. The van der Waals surface area contributed by atoms with E-state index in [0.29, 0.717) is 45.1 Å². The van der Waals surface area contributed by atoms with Gasteiger partial charge in [0.2, 0.25) is 11.6 Å². The molecule has 0 bridgehead atoms. The second-order valence-electron chi connectivity index (χ2n) is 7.56. The van der Waals surface area contributed by atoms with Gasteiger partial charge in [-0.1, -0.05) is 36.4 Å². The summed E-state index contributed by atoms with van der Waals surface area (Å²) in [6.45, 7) is 3.92. The van der Waals surface area contributed by atoms with Crippen molar-refractivity contribution in [3.63, 3.8) is 0 Å². The van der Waals surface area contributed by atoms with Crippen molar-refractivity contribution in [2.45, 2.75) is 13.5 Å². The zero-order chi connectivity index (χ0) is 23.9. The van der Waals surface area contributed by atoms with E-state index in [9.17, 15) is 14.9 Å². The van der Waals surface area contributed by atoms with Crippen molar-refractivity contribution in [3.8, 4) is 0 Å². The summed E-state index contributed by atoms with van der Waals surface area (Å²) < 4.78 is 5.06. The maximum atomic E-state index is 12.3. The first kappa shape index (κ1) is 22.9. The summed E-state index contributed by atoms with van der Waals surface area (Å²) in [6.07, 6.45) is 2.58. The summed E-state index contributed by atoms with van der Waals surface area (Å²) in [7, 11) is 0. The summed E-state index contributed by atoms with van der Waals surface area (Å²) in [4.78, 5) is 42.0. The third kappa shape index (κ3) is 5.03. The van der Waals surface area contributed by atoms with Crippen LogP contribution in [0.3, 0.4) is 0 Å². The molecule has 176 valence electrons. The molecule has 1 aliphatic heterocycles. The molecule has 1 aliphatic rings. The minimum absolute atomic E-state index is 0.158. The Morgan fingerprint density at radius 2 is 1.79 bits per heavy atom. The molecule has 0 saturated carbocycles. The SMILES string of the molecule is CCOC(=O)N1CCN(c2ncnc(N(Cc3ccccc3)c3ccccn3)c2[N+](=O)[O-])CC1. The summed E-state index contributed by atoms with van der Waals surface area (Å²) in [5, 5.41) is 12.3. The fourth-order valence-electron chi connectivity index (χ4n) is 3.81. The van der Waals surface area contributed by atoms with Gasteiger partial charge in [-0.05, 0) is 24.6 Å². The standard InChI is InChI=1S/C23H25N7O4/c1-2-34-23(31)28-14-12-27(13-15-28)21-20(30(32)33)22(26-17-25-21)29(19-10-6-7-11-24-19)16-18-8-4-3-5-9-18/h3-11,17H,2,12-16H2,1H3. The van der Waals surface area contributed by atoms with E-state index in [2.05, 4.69) is 15.0 Å². The van der Waals surface area contributed by atoms with Crippen molar-refractivity contribution in [2.24, 2.45) is 0 Å². The van der Waals surface area contributed by atoms with E-state index in [4.69, 9.17) is 4.74 Å². The van der Waals surface area contributed by atoms with Crippen molar-refractivity contribution < 1.29 is 14.5 Å². The molecule has 3 heterocycles. The van der Waals surface area contributed by atoms with E-state index in [1.165, 1.54) is 6.33 Å². The monoisotopic (exact) mass is 463 g/mol. The van der Waals surface area contributed by atoms with Gasteiger partial charge in [0.15, 0.2) is 0 Å². The van der Waals surface area contributed by atoms with Crippen LogP contribution in [0, 0.1) is 10.1 Å². The number of aromatic nitrogens is 3. The van der Waals surface area contributed by atoms with Crippen molar-refractivity contribution >= 4 is 29.2 Å². The van der Waals surface area contributed by atoms with Crippen LogP contribution >= 0.6 is 0 Å². The molecule has 1 fully saturated rings. The van der Waals surface area contributed by atoms with Gasteiger partial charge in [-0.3, -0.25) is 10.1 Å². The highest BCUT2D eigenvalue weighted by Gasteiger charge is 2.33. The van der Waals surface area contributed by atoms with Crippen molar-refractivity contribution in [1.82, 2.24) is 19.9 Å². The minimum Gasteiger partial charge on any atom is -0.450 e. The lowest BCUT2D eigenvalue weighted by atomic mass is 10.2. The number of ether oxygens (including phenoxy) is 1. The Bertz CT molecular complexity index is 1120. The van der Waals surface area contributed by atoms with Gasteiger partial charge in [-0.15, -0.1) is 0 Å². The van der Waals surface area contributed by atoms with Crippen molar-refractivity contribution in [1.29, 1.82) is 0 Å². The average Bonchev–Trinajstić information content (AvgIpc) is 2.88. The molecular formula is C23H25N7O4. The second kappa shape index (κ2) is 10.6. The Labute approximate surface area is 196 Å². The molecule has 1 amide bonds. The molecule has 2 aromatic heterocycles. The van der Waals surface area contributed by atoms with Crippen LogP contribution in [0.4, 0.5) is 27.9 Å². The fourth-order valence-corrected chi connectivity index (χ4v) is 3.81. The van der Waals surface area contributed by atoms with Crippen LogP contribution in [0.15, 0.2) is 61.1 Å². The lowest BCUT2D eigenvalue weighted by molar-refractivity contribution is -0.383. The number of hydrogen-bond acceptors (Lipinski definition) is 9. The van der Waals surface area contributed by atoms with Crippen LogP contribution in [0.5, 0.6) is 0 Å². The Balaban J connectivity index is 1.69. The first-order chi connectivity index (χ1) is 16.6. The van der Waals surface area contributed by atoms with Crippen LogP contribution in [-0.4, -0.2) is 63.7 Å². The summed E-state index contributed by atoms with van der Waals surface area (Å²) in [5.41, 5.74) is 0.749. The molecule has 0 radical (unpaired) electrons. The zero-order valence-electron chi connectivity index (χ0n) is 18.8. The normalized spacial score (nSPS) is 13.4. The average molecular weight is 463 g/mol. The molecule has 0 N–H and O–H groups in total. The Morgan fingerprint density at radius 3 is 2.44 bits per heavy atom. The van der Waals surface area contributed by atoms with Crippen LogP contribution < -0.4 is 9.80 Å². The number of carbonyl (C=O) groups is 1. The molecule has 0 spiro atoms. The van der Waals surface area contributed by atoms with Crippen LogP contribution in [0.25, 0.3) is 0 Å². The number of piperazine rings is 1. The number of carbonyl (C=O) groups excluding carboxylic acids is 1. The lowest BCUT2D eigenvalue weighted by Gasteiger charge is -2.34. The topological polar surface area (TPSA) is 118 Å². The maximum absolute atomic E-state index is 12.3. The van der Waals surface area contributed by atoms with Gasteiger partial charge in [0, 0.05) is 32.4 Å². The summed E-state index contributed by atoms with van der Waals surface area (Å²) in [5.74, 6) is 0.907. The quantitative estimate of drug-likeness (QED) is 0.384. The highest BCUT2D eigenvalue weighted by molar-refractivity contribution is 5.75. The molecule has 34 heavy (non-hydrogen) atoms. The van der Waals surface area contributed by atoms with E-state index in [0.717, 1.165) is 5.56 Å². The van der Waals surface area contributed by atoms with Gasteiger partial charge in [-0.25, -0.2) is 19.7 Å². The van der Waals surface area contributed by atoms with Crippen LogP contribution in [0.1, 0.15) is 12.5 Å². The predicted octanol–water partition coefficient (Wildman–Crippen LogP) is 3.40. The Hall–Kier alpha value is -4.28. The number of hydrogen-bond donors (Lipinski definition) is 0. The zero-order valence-corrected chi connectivity index (χ0v) is 18.8. The van der Waals surface area contributed by atoms with Gasteiger partial charge in [0.25, 0.3) is 0 Å². The summed E-state index contributed by atoms with van der Waals surface area (Å²) in [6, 6.07) is 15.0. The third-order valence-electron chi connectivity index (χ3n) is 5.44. The fraction of sp³-hybridized carbons (Fsp3) is 0.304. The lowest BCUT2D eigenvalue weighted by Crippen LogP contribution is -2.49. The van der Waals surface area contributed by atoms with E-state index in [1.807, 2.05) is 36.4 Å². The number of benzene rings is 1. The Morgan fingerprint density at radius 1 is 1.06 bits per heavy atom. The predicted molar refractivity (Wildman–Crippen MR) is 126 cm³/mol. The molecule has 4 rings (SSSR count). The number of amides is 1. The van der Waals surface area contributed by atoms with E-state index in [1.54, 1.807) is 40.0 Å². The van der Waals surface area contributed by atoms with Crippen molar-refractivity contribution in [2.75, 3.05) is 42.6 Å². The van der Waals surface area contributed by atoms with Gasteiger partial charge in [-0.2, -0.15) is 0 Å². The molecule has 1 saturated heterocycles. The molecule has 1 aromatic carbocycles. The van der Waals surface area contributed by atoms with Gasteiger partial charge in [0.05, 0.1) is 18.1 Å². The van der Waals surface area contributed by atoms with Crippen LogP contribution in [-0.2, 0) is 11.3 Å². The Kier molecular flexibility index (Phi) is 7.11. The first-order valence-electron chi connectivity index (χ1n) is 11.0. The number of anilines is 3. The molecule has 0 aliphatic carbocycles.